The number of hydrogen-bond acceptors (Lipinski definition) is 5. The van der Waals surface area contributed by atoms with E-state index in [1.54, 1.807) is 14.2 Å². The van der Waals surface area contributed by atoms with Crippen molar-refractivity contribution in [3.05, 3.63) is 23.8 Å². The molecule has 1 N–H and O–H groups in total. The van der Waals surface area contributed by atoms with Crippen LogP contribution in [0.1, 0.15) is 5.56 Å². The Morgan fingerprint density at radius 1 is 1.19 bits per heavy atom. The van der Waals surface area contributed by atoms with Gasteiger partial charge in [-0.25, -0.2) is 0 Å². The second-order valence-electron chi connectivity index (χ2n) is 5.91. The summed E-state index contributed by atoms with van der Waals surface area (Å²) in [5.41, 5.74) is 1.16. The molecule has 1 fully saturated rings. The van der Waals surface area contributed by atoms with Crippen molar-refractivity contribution in [3.8, 4) is 11.5 Å². The average Bonchev–Trinajstić information content (AvgIpc) is 2.66. The quantitative estimate of drug-likeness (QED) is 0.272. The molecule has 1 aromatic rings. The molecule has 6 nitrogen and oxygen atoms in total. The molecule has 1 aliphatic heterocycles. The summed E-state index contributed by atoms with van der Waals surface area (Å²) in [5, 5.41) is 3.44. The van der Waals surface area contributed by atoms with Gasteiger partial charge in [0.2, 0.25) is 0 Å². The van der Waals surface area contributed by atoms with Gasteiger partial charge in [-0.15, -0.1) is 24.0 Å². The van der Waals surface area contributed by atoms with Crippen LogP contribution in [0.25, 0.3) is 0 Å². The van der Waals surface area contributed by atoms with Gasteiger partial charge in [-0.2, -0.15) is 11.8 Å². The SMILES string of the molecule is CN=C(NCCSC)N1CCN(Cc2cc(OC)ccc2OC)CC1.I. The Morgan fingerprint density at radius 2 is 1.92 bits per heavy atom. The van der Waals surface area contributed by atoms with Gasteiger partial charge in [-0.3, -0.25) is 9.89 Å². The standard InChI is InChI=1S/C18H30N4O2S.HI/c1-19-18(20-7-12-25-4)22-10-8-21(9-11-22)14-15-13-16(23-2)5-6-17(15)24-3;/h5-6,13H,7-12,14H2,1-4H3,(H,19,20);1H. The lowest BCUT2D eigenvalue weighted by Crippen LogP contribution is -2.52. The predicted octanol–water partition coefficient (Wildman–Crippen LogP) is 2.38. The zero-order chi connectivity index (χ0) is 18.1. The molecule has 0 amide bonds. The lowest BCUT2D eigenvalue weighted by molar-refractivity contribution is 0.171. The smallest absolute Gasteiger partial charge is 0.193 e. The molecule has 1 saturated heterocycles. The maximum atomic E-state index is 5.49. The zero-order valence-electron chi connectivity index (χ0n) is 16.2. The molecular formula is C18H31IN4O2S. The van der Waals surface area contributed by atoms with E-state index in [1.807, 2.05) is 30.9 Å². The molecule has 0 unspecified atom stereocenters. The topological polar surface area (TPSA) is 49.3 Å². The molecule has 26 heavy (non-hydrogen) atoms. The fourth-order valence-corrected chi connectivity index (χ4v) is 3.27. The number of nitrogens with zero attached hydrogens (tertiary/aromatic N) is 3. The van der Waals surface area contributed by atoms with Crippen molar-refractivity contribution in [2.24, 2.45) is 4.99 Å². The lowest BCUT2D eigenvalue weighted by Gasteiger charge is -2.36. The fraction of sp³-hybridized carbons (Fsp3) is 0.611. The summed E-state index contributed by atoms with van der Waals surface area (Å²) in [7, 11) is 5.27. The summed E-state index contributed by atoms with van der Waals surface area (Å²) in [6.45, 7) is 5.78. The average molecular weight is 494 g/mol. The van der Waals surface area contributed by atoms with Gasteiger partial charge >= 0.3 is 0 Å². The minimum atomic E-state index is 0. The van der Waals surface area contributed by atoms with E-state index in [2.05, 4.69) is 32.4 Å². The lowest BCUT2D eigenvalue weighted by atomic mass is 10.1. The van der Waals surface area contributed by atoms with Gasteiger partial charge in [0.25, 0.3) is 0 Å². The van der Waals surface area contributed by atoms with Crippen molar-refractivity contribution in [3.63, 3.8) is 0 Å². The second-order valence-corrected chi connectivity index (χ2v) is 6.89. The summed E-state index contributed by atoms with van der Waals surface area (Å²) < 4.78 is 10.8. The van der Waals surface area contributed by atoms with E-state index in [0.29, 0.717) is 0 Å². The highest BCUT2D eigenvalue weighted by Gasteiger charge is 2.20. The van der Waals surface area contributed by atoms with Crippen LogP contribution in [0.5, 0.6) is 11.5 Å². The highest BCUT2D eigenvalue weighted by Crippen LogP contribution is 2.25. The van der Waals surface area contributed by atoms with Crippen LogP contribution in [0.2, 0.25) is 0 Å². The first-order valence-electron chi connectivity index (χ1n) is 8.59. The van der Waals surface area contributed by atoms with E-state index in [9.17, 15) is 0 Å². The van der Waals surface area contributed by atoms with E-state index in [0.717, 1.165) is 68.0 Å². The van der Waals surface area contributed by atoms with Gasteiger partial charge in [0.05, 0.1) is 14.2 Å². The van der Waals surface area contributed by atoms with Crippen LogP contribution in [0, 0.1) is 0 Å². The monoisotopic (exact) mass is 494 g/mol. The largest absolute Gasteiger partial charge is 0.497 e. The Morgan fingerprint density at radius 3 is 2.50 bits per heavy atom. The Balaban J connectivity index is 0.00000338. The minimum Gasteiger partial charge on any atom is -0.497 e. The highest BCUT2D eigenvalue weighted by molar-refractivity contribution is 14.0. The van der Waals surface area contributed by atoms with E-state index >= 15 is 0 Å². The summed E-state index contributed by atoms with van der Waals surface area (Å²) in [6.07, 6.45) is 2.12. The molecule has 1 aromatic carbocycles. The van der Waals surface area contributed by atoms with E-state index in [-0.39, 0.29) is 24.0 Å². The Labute approximate surface area is 178 Å². The van der Waals surface area contributed by atoms with Crippen LogP contribution >= 0.6 is 35.7 Å². The summed E-state index contributed by atoms with van der Waals surface area (Å²) in [6, 6.07) is 5.97. The van der Waals surface area contributed by atoms with Gasteiger partial charge < -0.3 is 19.7 Å². The normalized spacial score (nSPS) is 15.4. The maximum absolute atomic E-state index is 5.49. The Kier molecular flexibility index (Phi) is 11.1. The number of guanidine groups is 1. The van der Waals surface area contributed by atoms with Crippen molar-refractivity contribution in [1.29, 1.82) is 0 Å². The number of piperazine rings is 1. The molecule has 1 aliphatic rings. The van der Waals surface area contributed by atoms with Crippen LogP contribution in [0.3, 0.4) is 0 Å². The fourth-order valence-electron chi connectivity index (χ4n) is 2.96. The number of benzene rings is 1. The van der Waals surface area contributed by atoms with Gasteiger partial charge in [0.1, 0.15) is 11.5 Å². The third-order valence-electron chi connectivity index (χ3n) is 4.35. The van der Waals surface area contributed by atoms with Gasteiger partial charge in [-0.1, -0.05) is 0 Å². The summed E-state index contributed by atoms with van der Waals surface area (Å²) in [5.74, 6) is 3.88. The molecule has 0 saturated carbocycles. The Bertz CT molecular complexity index is 566. The first-order chi connectivity index (χ1) is 12.2. The molecule has 0 spiro atoms. The first kappa shape index (κ1) is 23.2. The molecule has 148 valence electrons. The molecule has 0 aromatic heterocycles. The predicted molar refractivity (Wildman–Crippen MR) is 122 cm³/mol. The molecule has 2 rings (SSSR count). The molecular weight excluding hydrogens is 463 g/mol. The van der Waals surface area contributed by atoms with Crippen molar-refractivity contribution < 1.29 is 9.47 Å². The molecule has 0 atom stereocenters. The molecule has 8 heteroatoms. The number of nitrogens with one attached hydrogen (secondary N) is 1. The number of aliphatic imine (C=N–C) groups is 1. The van der Waals surface area contributed by atoms with Crippen LogP contribution in [0.4, 0.5) is 0 Å². The van der Waals surface area contributed by atoms with Crippen molar-refractivity contribution in [2.45, 2.75) is 6.54 Å². The van der Waals surface area contributed by atoms with Crippen molar-refractivity contribution in [2.75, 3.05) is 66.0 Å². The van der Waals surface area contributed by atoms with Crippen LogP contribution < -0.4 is 14.8 Å². The number of thioether (sulfide) groups is 1. The van der Waals surface area contributed by atoms with Gasteiger partial charge in [0.15, 0.2) is 5.96 Å². The third kappa shape index (κ3) is 6.70. The molecule has 1 heterocycles. The molecule has 0 bridgehead atoms. The highest BCUT2D eigenvalue weighted by atomic mass is 127. The van der Waals surface area contributed by atoms with E-state index in [4.69, 9.17) is 9.47 Å². The van der Waals surface area contributed by atoms with Crippen molar-refractivity contribution >= 4 is 41.7 Å². The number of ether oxygens (including phenoxy) is 2. The maximum Gasteiger partial charge on any atom is 0.193 e. The van der Waals surface area contributed by atoms with Gasteiger partial charge in [0, 0.05) is 57.6 Å². The first-order valence-corrected chi connectivity index (χ1v) is 9.99. The van der Waals surface area contributed by atoms with Crippen LogP contribution in [-0.2, 0) is 6.54 Å². The zero-order valence-corrected chi connectivity index (χ0v) is 19.3. The van der Waals surface area contributed by atoms with E-state index < -0.39 is 0 Å². The van der Waals surface area contributed by atoms with Gasteiger partial charge in [-0.05, 0) is 24.5 Å². The number of rotatable bonds is 7. The molecule has 0 radical (unpaired) electrons. The van der Waals surface area contributed by atoms with Crippen molar-refractivity contribution in [1.82, 2.24) is 15.1 Å². The number of hydrogen-bond donors (Lipinski definition) is 1. The molecule has 0 aliphatic carbocycles. The second kappa shape index (κ2) is 12.5. The minimum absolute atomic E-state index is 0. The summed E-state index contributed by atoms with van der Waals surface area (Å²) in [4.78, 5) is 9.19. The summed E-state index contributed by atoms with van der Waals surface area (Å²) >= 11 is 1.84. The van der Waals surface area contributed by atoms with Crippen LogP contribution in [-0.4, -0.2) is 81.8 Å². The third-order valence-corrected chi connectivity index (χ3v) is 4.97. The number of methoxy groups -OCH3 is 2. The Hall–Kier alpha value is -0.870. The van der Waals surface area contributed by atoms with E-state index in [1.165, 1.54) is 0 Å². The van der Waals surface area contributed by atoms with Crippen LogP contribution in [0.15, 0.2) is 23.2 Å². The number of halogens is 1.